The van der Waals surface area contributed by atoms with Gasteiger partial charge in [-0.25, -0.2) is 17.4 Å². The van der Waals surface area contributed by atoms with Gasteiger partial charge in [-0.15, -0.1) is 4.40 Å². The van der Waals surface area contributed by atoms with Gasteiger partial charge in [0.05, 0.1) is 23.4 Å². The molecule has 0 amide bonds. The van der Waals surface area contributed by atoms with Crippen molar-refractivity contribution in [3.05, 3.63) is 34.2 Å². The van der Waals surface area contributed by atoms with Crippen LogP contribution in [0.2, 0.25) is 0 Å². The van der Waals surface area contributed by atoms with E-state index < -0.39 is 15.8 Å². The average Bonchev–Trinajstić information content (AvgIpc) is 3.30. The number of ether oxygens (including phenoxy) is 1. The maximum atomic E-state index is 13.5. The molecule has 1 aliphatic heterocycles. The zero-order chi connectivity index (χ0) is 24.6. The lowest BCUT2D eigenvalue weighted by atomic mass is 10.3. The Labute approximate surface area is 208 Å². The summed E-state index contributed by atoms with van der Waals surface area (Å²) < 4.78 is 51.8. The monoisotopic (exact) mass is 579 g/mol. The normalized spacial score (nSPS) is 15.4. The first-order chi connectivity index (χ1) is 16.3. The molecule has 3 N–H and O–H groups in total. The molecule has 0 radical (unpaired) electrons. The van der Waals surface area contributed by atoms with Gasteiger partial charge in [0, 0.05) is 31.1 Å². The van der Waals surface area contributed by atoms with Crippen LogP contribution in [0.25, 0.3) is 0 Å². The molecule has 1 aromatic heterocycles. The Kier molecular flexibility index (Phi) is 9.49. The number of halogens is 2. The number of rotatable bonds is 8. The first-order valence-corrected chi connectivity index (χ1v) is 13.5. The maximum Gasteiger partial charge on any atom is 0.256 e. The van der Waals surface area contributed by atoms with E-state index >= 15 is 0 Å². The molecule has 0 atom stereocenters. The summed E-state index contributed by atoms with van der Waals surface area (Å²) in [6.45, 7) is 3.90. The lowest BCUT2D eigenvalue weighted by Gasteiger charge is -2.29. The fourth-order valence-corrected chi connectivity index (χ4v) is 4.45. The van der Waals surface area contributed by atoms with Crippen LogP contribution in [-0.2, 0) is 14.8 Å². The molecule has 0 spiro atoms. The second kappa shape index (κ2) is 12.3. The minimum atomic E-state index is -3.59. The molecule has 34 heavy (non-hydrogen) atoms. The lowest BCUT2D eigenvalue weighted by molar-refractivity contribution is 0.0667. The number of anilines is 1. The highest BCUT2D eigenvalue weighted by Crippen LogP contribution is 2.23. The van der Waals surface area contributed by atoms with Crippen molar-refractivity contribution in [2.24, 2.45) is 9.55 Å². The van der Waals surface area contributed by atoms with Crippen molar-refractivity contribution in [3.63, 3.8) is 0 Å². The van der Waals surface area contributed by atoms with Crippen LogP contribution in [0.3, 0.4) is 0 Å². The Balaban J connectivity index is 1.62. The Hall–Kier alpha value is -2.43. The number of nitrogens with one attached hydrogen (secondary N) is 2. The van der Waals surface area contributed by atoms with Gasteiger partial charge in [0.2, 0.25) is 11.8 Å². The van der Waals surface area contributed by atoms with Gasteiger partial charge >= 0.3 is 0 Å². The molecule has 0 unspecified atom stereocenters. The van der Waals surface area contributed by atoms with Crippen LogP contribution < -0.4 is 10.6 Å². The van der Waals surface area contributed by atoms with Crippen molar-refractivity contribution in [1.82, 2.24) is 20.5 Å². The van der Waals surface area contributed by atoms with E-state index in [9.17, 15) is 18.0 Å². The number of hydrogen-bond donors (Lipinski definition) is 3. The minimum Gasteiger partial charge on any atom is -0.409 e. The van der Waals surface area contributed by atoms with Crippen LogP contribution in [0.5, 0.6) is 0 Å². The van der Waals surface area contributed by atoms with Crippen molar-refractivity contribution in [2.45, 2.75) is 11.9 Å². The molecule has 1 aromatic carbocycles. The fraction of sp³-hybridized carbons (Fsp3) is 0.444. The molecule has 0 bridgehead atoms. The summed E-state index contributed by atoms with van der Waals surface area (Å²) >= 11 is 4.34. The predicted octanol–water partition coefficient (Wildman–Crippen LogP) is 1.94. The van der Waals surface area contributed by atoms with Crippen molar-refractivity contribution in [3.8, 4) is 0 Å². The van der Waals surface area contributed by atoms with Gasteiger partial charge in [-0.1, -0.05) is 16.9 Å². The van der Waals surface area contributed by atoms with E-state index in [2.05, 4.69) is 46.4 Å². The molecule has 2 aromatic rings. The summed E-state index contributed by atoms with van der Waals surface area (Å²) in [7, 11) is -3.59. The lowest BCUT2D eigenvalue weighted by Crippen LogP contribution is -2.48. The summed E-state index contributed by atoms with van der Waals surface area (Å²) in [5, 5.41) is 26.5. The van der Waals surface area contributed by atoms with E-state index in [1.54, 1.807) is 0 Å². The van der Waals surface area contributed by atoms with Crippen molar-refractivity contribution < 1.29 is 27.4 Å². The topological polar surface area (TPSA) is 155 Å². The third-order valence-electron chi connectivity index (χ3n) is 4.49. The smallest absolute Gasteiger partial charge is 0.256 e. The van der Waals surface area contributed by atoms with Crippen molar-refractivity contribution in [1.29, 1.82) is 0 Å². The number of sulfonamides is 1. The van der Waals surface area contributed by atoms with Crippen LogP contribution in [0.15, 0.2) is 41.9 Å². The second-order valence-corrected chi connectivity index (χ2v) is 10.6. The summed E-state index contributed by atoms with van der Waals surface area (Å²) in [6, 6.07) is 4.18. The molecular weight excluding hydrogens is 557 g/mol. The van der Waals surface area contributed by atoms with Gasteiger partial charge in [-0.3, -0.25) is 0 Å². The Morgan fingerprint density at radius 1 is 1.35 bits per heavy atom. The molecule has 1 aliphatic rings. The molecule has 16 heteroatoms. The van der Waals surface area contributed by atoms with E-state index in [0.29, 0.717) is 49.3 Å². The van der Waals surface area contributed by atoms with E-state index in [0.717, 1.165) is 0 Å². The van der Waals surface area contributed by atoms with Gasteiger partial charge in [-0.2, -0.15) is 0 Å². The van der Waals surface area contributed by atoms with Gasteiger partial charge < -0.3 is 25.5 Å². The first-order valence-electron chi connectivity index (χ1n) is 10.1. The Morgan fingerprint density at radius 3 is 2.79 bits per heavy atom. The highest BCUT2D eigenvalue weighted by molar-refractivity contribution is 9.10. The SMILES string of the molecule is CCS(=O)(=O)/N=C(/NCCSc1nonc1/C(=N/O)Nc1ccc(F)c(Br)c1)N1CCOCC1. The standard InChI is InChI=1S/C18H23BrFN7O5S2/c1-2-34(29,30)26-18(27-6-8-31-9-7-27)21-5-10-33-17-15(24-32-25-17)16(23-28)22-12-3-4-14(20)13(19)11-12/h3-4,11,28H,2,5-10H2,1H3,(H,21,26)(H,22,23). The molecule has 1 saturated heterocycles. The Morgan fingerprint density at radius 2 is 2.12 bits per heavy atom. The third kappa shape index (κ3) is 7.28. The summed E-state index contributed by atoms with van der Waals surface area (Å²) in [5.41, 5.74) is 0.605. The molecule has 1 fully saturated rings. The molecule has 0 aliphatic carbocycles. The number of amidine groups is 1. The quantitative estimate of drug-likeness (QED) is 0.105. The van der Waals surface area contributed by atoms with E-state index in [1.165, 1.54) is 36.9 Å². The van der Waals surface area contributed by atoms with Crippen LogP contribution in [0.4, 0.5) is 10.1 Å². The van der Waals surface area contributed by atoms with Crippen LogP contribution in [-0.4, -0.2) is 85.0 Å². The van der Waals surface area contributed by atoms with E-state index in [4.69, 9.17) is 9.37 Å². The number of oxime groups is 1. The Bertz CT molecular complexity index is 1140. The van der Waals surface area contributed by atoms with Crippen LogP contribution in [0.1, 0.15) is 12.6 Å². The van der Waals surface area contributed by atoms with E-state index in [-0.39, 0.29) is 27.7 Å². The molecule has 3 rings (SSSR count). The van der Waals surface area contributed by atoms with Gasteiger partial charge in [0.25, 0.3) is 10.0 Å². The molecule has 0 saturated carbocycles. The summed E-state index contributed by atoms with van der Waals surface area (Å²) in [5.74, 6) is 0.126. The molecule has 12 nitrogen and oxygen atoms in total. The van der Waals surface area contributed by atoms with Gasteiger partial charge in [0.1, 0.15) is 5.82 Å². The maximum absolute atomic E-state index is 13.5. The van der Waals surface area contributed by atoms with Crippen molar-refractivity contribution in [2.75, 3.05) is 49.7 Å². The minimum absolute atomic E-state index is 0.0418. The van der Waals surface area contributed by atoms with Gasteiger partial charge in [0.15, 0.2) is 10.7 Å². The number of guanidine groups is 1. The second-order valence-electron chi connectivity index (χ2n) is 6.78. The van der Waals surface area contributed by atoms with E-state index in [1.807, 2.05) is 4.90 Å². The average molecular weight is 580 g/mol. The fourth-order valence-electron chi connectivity index (χ4n) is 2.75. The number of aromatic nitrogens is 2. The largest absolute Gasteiger partial charge is 0.409 e. The molecule has 186 valence electrons. The first kappa shape index (κ1) is 26.2. The highest BCUT2D eigenvalue weighted by Gasteiger charge is 2.20. The van der Waals surface area contributed by atoms with Gasteiger partial charge in [-0.05, 0) is 51.4 Å². The highest BCUT2D eigenvalue weighted by atomic mass is 79.9. The summed E-state index contributed by atoms with van der Waals surface area (Å²) in [4.78, 5) is 1.83. The number of nitrogens with zero attached hydrogens (tertiary/aromatic N) is 5. The zero-order valence-electron chi connectivity index (χ0n) is 18.1. The summed E-state index contributed by atoms with van der Waals surface area (Å²) in [6.07, 6.45) is 0. The number of hydrogen-bond acceptors (Lipinski definition) is 9. The number of morpholine rings is 1. The number of benzene rings is 1. The molecular formula is C18H23BrFN7O5S2. The molecule has 2 heterocycles. The third-order valence-corrected chi connectivity index (χ3v) is 7.23. The zero-order valence-corrected chi connectivity index (χ0v) is 21.3. The van der Waals surface area contributed by atoms with Crippen molar-refractivity contribution >= 4 is 55.2 Å². The predicted molar refractivity (Wildman–Crippen MR) is 128 cm³/mol. The van der Waals surface area contributed by atoms with Crippen LogP contribution in [0, 0.1) is 5.82 Å². The number of thioether (sulfide) groups is 1. The van der Waals surface area contributed by atoms with Crippen LogP contribution >= 0.6 is 27.7 Å².